The number of benzene rings is 2. The van der Waals surface area contributed by atoms with Crippen LogP contribution in [0.2, 0.25) is 0 Å². The molecule has 0 aromatic heterocycles. The fourth-order valence-corrected chi connectivity index (χ4v) is 1.62. The maximum atomic E-state index is 11.0. The molecule has 0 fully saturated rings. The predicted molar refractivity (Wildman–Crippen MR) is 61.2 cm³/mol. The lowest BCUT2D eigenvalue weighted by Gasteiger charge is -2.23. The lowest BCUT2D eigenvalue weighted by atomic mass is 10.00. The van der Waals surface area contributed by atoms with Crippen molar-refractivity contribution in [1.29, 1.82) is 0 Å². The van der Waals surface area contributed by atoms with Crippen LogP contribution >= 0.6 is 0 Å². The van der Waals surface area contributed by atoms with E-state index >= 15 is 0 Å². The van der Waals surface area contributed by atoms with Crippen molar-refractivity contribution < 1.29 is 0 Å². The van der Waals surface area contributed by atoms with Gasteiger partial charge in [0.2, 0.25) is 0 Å². The van der Waals surface area contributed by atoms with E-state index in [-0.39, 0.29) is 6.04 Å². The summed E-state index contributed by atoms with van der Waals surface area (Å²) in [6, 6.07) is 19.1. The number of hydrogen-bond acceptors (Lipinski definition) is 2. The minimum absolute atomic E-state index is 0.271. The molecular weight excluding hydrogens is 186 g/mol. The zero-order valence-electron chi connectivity index (χ0n) is 8.26. The average Bonchev–Trinajstić information content (AvgIpc) is 2.33. The first kappa shape index (κ1) is 9.90. The molecule has 0 bridgehead atoms. The molecule has 2 aromatic rings. The number of rotatable bonds is 3. The van der Waals surface area contributed by atoms with E-state index in [0.29, 0.717) is 0 Å². The number of hydrogen-bond donors (Lipinski definition) is 1. The van der Waals surface area contributed by atoms with Gasteiger partial charge in [-0.15, -0.1) is 0 Å². The fourth-order valence-electron chi connectivity index (χ4n) is 1.62. The van der Waals surface area contributed by atoms with Gasteiger partial charge in [0.25, 0.3) is 0 Å². The van der Waals surface area contributed by atoms with E-state index in [0.717, 1.165) is 11.1 Å². The second-order valence-electron chi connectivity index (χ2n) is 3.37. The van der Waals surface area contributed by atoms with E-state index in [4.69, 9.17) is 0 Å². The standard InChI is InChI=1S/C13H12NO/c15-14-13(11-7-3-1-4-8-11)12-9-5-2-6-10-12/h1-10,13-14H/q-1. The first-order valence-electron chi connectivity index (χ1n) is 4.89. The minimum atomic E-state index is -0.271. The zero-order chi connectivity index (χ0) is 10.5. The van der Waals surface area contributed by atoms with Crippen LogP contribution in [0, 0.1) is 5.21 Å². The Morgan fingerprint density at radius 1 is 0.733 bits per heavy atom. The van der Waals surface area contributed by atoms with Gasteiger partial charge in [0.05, 0.1) is 0 Å². The van der Waals surface area contributed by atoms with Crippen LogP contribution in [0.4, 0.5) is 0 Å². The molecule has 2 rings (SSSR count). The highest BCUT2D eigenvalue weighted by Crippen LogP contribution is 2.20. The van der Waals surface area contributed by atoms with Crippen molar-refractivity contribution >= 4 is 0 Å². The number of hydroxylamine groups is 1. The summed E-state index contributed by atoms with van der Waals surface area (Å²) < 4.78 is 0. The van der Waals surface area contributed by atoms with Gasteiger partial charge >= 0.3 is 0 Å². The summed E-state index contributed by atoms with van der Waals surface area (Å²) in [5.74, 6) is 0. The van der Waals surface area contributed by atoms with Gasteiger partial charge in [-0.1, -0.05) is 60.7 Å². The second kappa shape index (κ2) is 4.73. The van der Waals surface area contributed by atoms with Crippen LogP contribution in [0.15, 0.2) is 60.7 Å². The minimum Gasteiger partial charge on any atom is -0.787 e. The molecule has 0 saturated carbocycles. The van der Waals surface area contributed by atoms with Crippen molar-refractivity contribution in [2.75, 3.05) is 0 Å². The van der Waals surface area contributed by atoms with Gasteiger partial charge in [-0.3, -0.25) is 0 Å². The van der Waals surface area contributed by atoms with Crippen LogP contribution < -0.4 is 5.48 Å². The van der Waals surface area contributed by atoms with Crippen molar-refractivity contribution in [3.63, 3.8) is 0 Å². The van der Waals surface area contributed by atoms with E-state index in [2.05, 4.69) is 5.48 Å². The van der Waals surface area contributed by atoms with Gasteiger partial charge in [0, 0.05) is 6.04 Å². The first-order valence-corrected chi connectivity index (χ1v) is 4.89. The van der Waals surface area contributed by atoms with Gasteiger partial charge in [0.1, 0.15) is 0 Å². The summed E-state index contributed by atoms with van der Waals surface area (Å²) in [5, 5.41) is 11.0. The molecule has 0 atom stereocenters. The third-order valence-corrected chi connectivity index (χ3v) is 2.38. The highest BCUT2D eigenvalue weighted by Gasteiger charge is 2.07. The van der Waals surface area contributed by atoms with Gasteiger partial charge in [-0.25, -0.2) is 0 Å². The predicted octanol–water partition coefficient (Wildman–Crippen LogP) is 2.86. The van der Waals surface area contributed by atoms with Gasteiger partial charge in [-0.05, 0) is 11.1 Å². The van der Waals surface area contributed by atoms with E-state index < -0.39 is 0 Å². The maximum Gasteiger partial charge on any atom is 0.0463 e. The van der Waals surface area contributed by atoms with Crippen LogP contribution in [-0.2, 0) is 0 Å². The summed E-state index contributed by atoms with van der Waals surface area (Å²) in [4.78, 5) is 0. The van der Waals surface area contributed by atoms with Crippen LogP contribution in [0.3, 0.4) is 0 Å². The lowest BCUT2D eigenvalue weighted by Crippen LogP contribution is -2.15. The Bertz CT molecular complexity index is 360. The summed E-state index contributed by atoms with van der Waals surface area (Å²) in [7, 11) is 0. The molecule has 0 heterocycles. The molecule has 0 unspecified atom stereocenters. The second-order valence-corrected chi connectivity index (χ2v) is 3.37. The third kappa shape index (κ3) is 2.24. The molecule has 76 valence electrons. The molecule has 2 heteroatoms. The van der Waals surface area contributed by atoms with E-state index in [1.165, 1.54) is 0 Å². The van der Waals surface area contributed by atoms with Crippen molar-refractivity contribution in [3.8, 4) is 0 Å². The average molecular weight is 198 g/mol. The van der Waals surface area contributed by atoms with Crippen LogP contribution in [0.1, 0.15) is 17.2 Å². The zero-order valence-corrected chi connectivity index (χ0v) is 8.26. The largest absolute Gasteiger partial charge is 0.787 e. The Morgan fingerprint density at radius 2 is 1.13 bits per heavy atom. The SMILES string of the molecule is [O-]NC(c1ccccc1)c1ccccc1. The topological polar surface area (TPSA) is 35.1 Å². The van der Waals surface area contributed by atoms with E-state index in [1.807, 2.05) is 60.7 Å². The molecule has 0 saturated heterocycles. The quantitative estimate of drug-likeness (QED) is 0.769. The molecule has 0 spiro atoms. The van der Waals surface area contributed by atoms with Gasteiger partial charge in [0.15, 0.2) is 0 Å². The molecule has 0 aliphatic rings. The summed E-state index contributed by atoms with van der Waals surface area (Å²) in [6.07, 6.45) is 0. The highest BCUT2D eigenvalue weighted by molar-refractivity contribution is 5.31. The molecule has 0 amide bonds. The molecule has 2 nitrogen and oxygen atoms in total. The number of nitrogens with one attached hydrogen (secondary N) is 1. The van der Waals surface area contributed by atoms with Crippen molar-refractivity contribution in [3.05, 3.63) is 77.0 Å². The van der Waals surface area contributed by atoms with Gasteiger partial charge in [-0.2, -0.15) is 0 Å². The van der Waals surface area contributed by atoms with E-state index in [1.54, 1.807) is 0 Å². The summed E-state index contributed by atoms with van der Waals surface area (Å²) in [6.45, 7) is 0. The Hall–Kier alpha value is -1.64. The monoisotopic (exact) mass is 198 g/mol. The molecule has 0 radical (unpaired) electrons. The van der Waals surface area contributed by atoms with Crippen molar-refractivity contribution in [2.24, 2.45) is 0 Å². The molecule has 0 aliphatic carbocycles. The molecule has 1 N–H and O–H groups in total. The normalized spacial score (nSPS) is 10.5. The third-order valence-electron chi connectivity index (χ3n) is 2.38. The Balaban J connectivity index is 2.34. The smallest absolute Gasteiger partial charge is 0.0463 e. The summed E-state index contributed by atoms with van der Waals surface area (Å²) >= 11 is 0. The first-order chi connectivity index (χ1) is 7.42. The van der Waals surface area contributed by atoms with Crippen LogP contribution in [0.25, 0.3) is 0 Å². The van der Waals surface area contributed by atoms with Crippen molar-refractivity contribution in [2.45, 2.75) is 6.04 Å². The van der Waals surface area contributed by atoms with Crippen LogP contribution in [0.5, 0.6) is 0 Å². The molecule has 0 aliphatic heterocycles. The Labute approximate surface area is 89.2 Å². The van der Waals surface area contributed by atoms with Gasteiger partial charge < -0.3 is 10.7 Å². The molecule has 15 heavy (non-hydrogen) atoms. The van der Waals surface area contributed by atoms with Crippen molar-refractivity contribution in [1.82, 2.24) is 5.48 Å². The fraction of sp³-hybridized carbons (Fsp3) is 0.0769. The van der Waals surface area contributed by atoms with E-state index in [9.17, 15) is 5.21 Å². The van der Waals surface area contributed by atoms with Crippen LogP contribution in [-0.4, -0.2) is 0 Å². The summed E-state index contributed by atoms with van der Waals surface area (Å²) in [5.41, 5.74) is 4.05. The molecular formula is C13H12NO-. The highest BCUT2D eigenvalue weighted by atomic mass is 16.5. The Kier molecular flexibility index (Phi) is 3.12. The molecule has 2 aromatic carbocycles. The lowest BCUT2D eigenvalue weighted by molar-refractivity contribution is 0.732. The Morgan fingerprint density at radius 3 is 1.47 bits per heavy atom. The maximum absolute atomic E-state index is 11.0.